The van der Waals surface area contributed by atoms with Crippen LogP contribution in [-0.4, -0.2) is 49.1 Å². The van der Waals surface area contributed by atoms with Crippen molar-refractivity contribution >= 4 is 23.4 Å². The molecule has 0 saturated carbocycles. The maximum Gasteiger partial charge on any atom is 0.242 e. The van der Waals surface area contributed by atoms with Crippen molar-refractivity contribution in [1.82, 2.24) is 10.2 Å². The zero-order chi connectivity index (χ0) is 23.5. The lowest BCUT2D eigenvalue weighted by atomic mass is 10.1. The molecule has 0 bridgehead atoms. The molecule has 0 radical (unpaired) electrons. The number of amides is 2. The fourth-order valence-corrected chi connectivity index (χ4v) is 3.27. The molecule has 0 aromatic heterocycles. The number of ether oxygens (including phenoxy) is 2. The van der Waals surface area contributed by atoms with Crippen LogP contribution in [0.25, 0.3) is 0 Å². The van der Waals surface area contributed by atoms with Crippen LogP contribution in [0.5, 0.6) is 5.75 Å². The molecule has 174 valence electrons. The molecule has 1 N–H and O–H groups in total. The summed E-state index contributed by atoms with van der Waals surface area (Å²) in [5, 5.41) is 3.53. The summed E-state index contributed by atoms with van der Waals surface area (Å²) in [4.78, 5) is 27.6. The van der Waals surface area contributed by atoms with E-state index < -0.39 is 6.04 Å². The summed E-state index contributed by atoms with van der Waals surface area (Å²) in [5.74, 6) is 0.420. The monoisotopic (exact) mass is 460 g/mol. The minimum absolute atomic E-state index is 0.131. The van der Waals surface area contributed by atoms with E-state index >= 15 is 0 Å². The highest BCUT2D eigenvalue weighted by Gasteiger charge is 2.26. The number of nitrogens with one attached hydrogen (secondary N) is 1. The molecule has 0 unspecified atom stereocenters. The molecular weight excluding hydrogens is 428 g/mol. The quantitative estimate of drug-likeness (QED) is 0.481. The molecule has 0 aliphatic carbocycles. The molecule has 2 rings (SSSR count). The van der Waals surface area contributed by atoms with E-state index in [4.69, 9.17) is 21.1 Å². The predicted molar refractivity (Wildman–Crippen MR) is 127 cm³/mol. The van der Waals surface area contributed by atoms with Crippen molar-refractivity contribution in [1.29, 1.82) is 0 Å². The number of carbonyl (C=O) groups excluding carboxylic acids is 2. The van der Waals surface area contributed by atoms with Gasteiger partial charge in [-0.3, -0.25) is 9.59 Å². The van der Waals surface area contributed by atoms with E-state index in [1.807, 2.05) is 50.2 Å². The maximum absolute atomic E-state index is 13.2. The Morgan fingerprint density at radius 2 is 1.62 bits per heavy atom. The molecule has 0 heterocycles. The Labute approximate surface area is 195 Å². The molecule has 6 nitrogen and oxygen atoms in total. The number of hydrogen-bond acceptors (Lipinski definition) is 4. The van der Waals surface area contributed by atoms with E-state index in [0.717, 1.165) is 16.9 Å². The summed E-state index contributed by atoms with van der Waals surface area (Å²) < 4.78 is 10.7. The van der Waals surface area contributed by atoms with Crippen molar-refractivity contribution < 1.29 is 19.1 Å². The van der Waals surface area contributed by atoms with Gasteiger partial charge in [-0.15, -0.1) is 0 Å². The van der Waals surface area contributed by atoms with Crippen molar-refractivity contribution in [2.75, 3.05) is 20.3 Å². The van der Waals surface area contributed by atoms with Crippen LogP contribution in [0.4, 0.5) is 0 Å². The fourth-order valence-electron chi connectivity index (χ4n) is 3.14. The molecule has 0 spiro atoms. The average molecular weight is 461 g/mol. The van der Waals surface area contributed by atoms with Gasteiger partial charge < -0.3 is 19.7 Å². The van der Waals surface area contributed by atoms with E-state index in [-0.39, 0.29) is 24.3 Å². The second kappa shape index (κ2) is 13.1. The Balaban J connectivity index is 2.07. The van der Waals surface area contributed by atoms with Crippen molar-refractivity contribution in [3.05, 3.63) is 64.7 Å². The molecule has 0 aliphatic heterocycles. The van der Waals surface area contributed by atoms with Crippen molar-refractivity contribution in [2.45, 2.75) is 52.3 Å². The molecule has 2 amide bonds. The van der Waals surface area contributed by atoms with Gasteiger partial charge in [0.25, 0.3) is 0 Å². The van der Waals surface area contributed by atoms with Gasteiger partial charge in [-0.05, 0) is 62.6 Å². The summed E-state index contributed by atoms with van der Waals surface area (Å²) in [6.45, 7) is 7.10. The van der Waals surface area contributed by atoms with Gasteiger partial charge in [0.05, 0.1) is 19.6 Å². The topological polar surface area (TPSA) is 67.9 Å². The largest absolute Gasteiger partial charge is 0.497 e. The maximum atomic E-state index is 13.2. The number of rotatable bonds is 12. The Kier molecular flexibility index (Phi) is 10.5. The van der Waals surface area contributed by atoms with Gasteiger partial charge in [-0.25, -0.2) is 0 Å². The molecule has 2 aromatic rings. The Hall–Kier alpha value is -2.57. The van der Waals surface area contributed by atoms with Crippen molar-refractivity contribution in [3.8, 4) is 5.75 Å². The Bertz CT molecular complexity index is 853. The first-order valence-electron chi connectivity index (χ1n) is 10.9. The third kappa shape index (κ3) is 8.52. The van der Waals surface area contributed by atoms with Gasteiger partial charge in [-0.2, -0.15) is 0 Å². The minimum atomic E-state index is -0.622. The number of halogens is 1. The molecule has 0 aliphatic rings. The zero-order valence-corrected chi connectivity index (χ0v) is 20.0. The lowest BCUT2D eigenvalue weighted by Crippen LogP contribution is -2.48. The van der Waals surface area contributed by atoms with Gasteiger partial charge >= 0.3 is 0 Å². The second-order valence-corrected chi connectivity index (χ2v) is 8.35. The number of methoxy groups -OCH3 is 1. The highest BCUT2D eigenvalue weighted by Crippen LogP contribution is 2.17. The summed E-state index contributed by atoms with van der Waals surface area (Å²) in [7, 11) is 1.61. The third-order valence-corrected chi connectivity index (χ3v) is 5.27. The molecular formula is C25H33ClN2O4. The van der Waals surface area contributed by atoms with Gasteiger partial charge in [0, 0.05) is 24.7 Å². The van der Waals surface area contributed by atoms with Crippen LogP contribution in [0.1, 0.15) is 38.3 Å². The van der Waals surface area contributed by atoms with E-state index in [1.165, 1.54) is 0 Å². The molecule has 32 heavy (non-hydrogen) atoms. The average Bonchev–Trinajstić information content (AvgIpc) is 2.78. The lowest BCUT2D eigenvalue weighted by Gasteiger charge is -2.29. The van der Waals surface area contributed by atoms with E-state index in [9.17, 15) is 9.59 Å². The summed E-state index contributed by atoms with van der Waals surface area (Å²) in [6.07, 6.45) is 1.07. The Morgan fingerprint density at radius 3 is 2.22 bits per heavy atom. The predicted octanol–water partition coefficient (Wildman–Crippen LogP) is 4.24. The van der Waals surface area contributed by atoms with Gasteiger partial charge in [0.2, 0.25) is 11.8 Å². The number of hydrogen-bond donors (Lipinski definition) is 1. The van der Waals surface area contributed by atoms with Gasteiger partial charge in [0.1, 0.15) is 11.8 Å². The number of benzene rings is 2. The summed E-state index contributed by atoms with van der Waals surface area (Å²) in [6, 6.07) is 14.0. The third-order valence-electron chi connectivity index (χ3n) is 5.02. The first-order chi connectivity index (χ1) is 15.3. The van der Waals surface area contributed by atoms with Crippen LogP contribution in [0.15, 0.2) is 48.5 Å². The Morgan fingerprint density at radius 1 is 1.00 bits per heavy atom. The van der Waals surface area contributed by atoms with Crippen molar-refractivity contribution in [3.63, 3.8) is 0 Å². The van der Waals surface area contributed by atoms with Crippen LogP contribution in [-0.2, 0) is 27.3 Å². The van der Waals surface area contributed by atoms with E-state index in [1.54, 1.807) is 31.1 Å². The molecule has 2 aromatic carbocycles. The zero-order valence-electron chi connectivity index (χ0n) is 19.3. The van der Waals surface area contributed by atoms with Crippen LogP contribution >= 0.6 is 11.6 Å². The molecule has 0 fully saturated rings. The summed E-state index contributed by atoms with van der Waals surface area (Å²) in [5.41, 5.74) is 1.76. The van der Waals surface area contributed by atoms with E-state index in [2.05, 4.69) is 5.32 Å². The van der Waals surface area contributed by atoms with Crippen LogP contribution in [0, 0.1) is 0 Å². The first-order valence-corrected chi connectivity index (χ1v) is 11.2. The van der Waals surface area contributed by atoms with E-state index in [0.29, 0.717) is 31.1 Å². The highest BCUT2D eigenvalue weighted by atomic mass is 35.5. The van der Waals surface area contributed by atoms with Gasteiger partial charge in [-0.1, -0.05) is 35.9 Å². The minimum Gasteiger partial charge on any atom is -0.497 e. The molecule has 7 heteroatoms. The smallest absolute Gasteiger partial charge is 0.242 e. The SMILES string of the molecule is COc1ccc(CN(C(=O)Cc2ccc(Cl)cc2)[C@@H](C)C(=O)NCCCOC(C)C)cc1. The first kappa shape index (κ1) is 25.7. The number of nitrogens with zero attached hydrogens (tertiary/aromatic N) is 1. The van der Waals surface area contributed by atoms with Crippen molar-refractivity contribution in [2.24, 2.45) is 0 Å². The van der Waals surface area contributed by atoms with Gasteiger partial charge in [0.15, 0.2) is 0 Å². The normalized spacial score (nSPS) is 11.8. The molecule has 0 saturated heterocycles. The fraction of sp³-hybridized carbons (Fsp3) is 0.440. The van der Waals surface area contributed by atoms with Crippen LogP contribution in [0.2, 0.25) is 5.02 Å². The summed E-state index contributed by atoms with van der Waals surface area (Å²) >= 11 is 5.96. The van der Waals surface area contributed by atoms with Crippen LogP contribution < -0.4 is 10.1 Å². The molecule has 1 atom stereocenters. The van der Waals surface area contributed by atoms with Crippen LogP contribution in [0.3, 0.4) is 0 Å². The highest BCUT2D eigenvalue weighted by molar-refractivity contribution is 6.30. The number of carbonyl (C=O) groups is 2. The second-order valence-electron chi connectivity index (χ2n) is 7.91. The standard InChI is InChI=1S/C25H33ClN2O4/c1-18(2)32-15-5-14-27-25(30)19(3)28(17-21-8-12-23(31-4)13-9-21)24(29)16-20-6-10-22(26)11-7-20/h6-13,18-19H,5,14-17H2,1-4H3,(H,27,30)/t19-/m0/s1. The lowest BCUT2D eigenvalue weighted by molar-refractivity contribution is -0.140.